The number of nitrogens with one attached hydrogen (secondary N) is 1. The third-order valence-electron chi connectivity index (χ3n) is 3.94. The molecule has 1 heterocycles. The molecule has 1 atom stereocenters. The van der Waals surface area contributed by atoms with E-state index < -0.39 is 0 Å². The van der Waals surface area contributed by atoms with Gasteiger partial charge in [-0.25, -0.2) is 4.68 Å². The van der Waals surface area contributed by atoms with Crippen LogP contribution in [-0.2, 0) is 11.3 Å². The number of hydrogen-bond acceptors (Lipinski definition) is 5. The summed E-state index contributed by atoms with van der Waals surface area (Å²) < 4.78 is 1.76. The van der Waals surface area contributed by atoms with Gasteiger partial charge in [0.25, 0.3) is 0 Å². The summed E-state index contributed by atoms with van der Waals surface area (Å²) in [5, 5.41) is 15.6. The van der Waals surface area contributed by atoms with Crippen LogP contribution in [0, 0.1) is 11.8 Å². The summed E-state index contributed by atoms with van der Waals surface area (Å²) in [5.41, 5.74) is 1.18. The SMILES string of the molecule is CC(C)Cn1nnnc1SCC(=O)NC(c1ccccc1)C1CC1. The third-order valence-corrected chi connectivity index (χ3v) is 4.90. The molecule has 0 saturated heterocycles. The van der Waals surface area contributed by atoms with E-state index in [1.165, 1.54) is 30.2 Å². The maximum Gasteiger partial charge on any atom is 0.230 e. The topological polar surface area (TPSA) is 72.7 Å². The van der Waals surface area contributed by atoms with Crippen molar-refractivity contribution in [1.82, 2.24) is 25.5 Å². The molecule has 1 aliphatic rings. The zero-order valence-corrected chi connectivity index (χ0v) is 14.9. The Hall–Kier alpha value is -1.89. The van der Waals surface area contributed by atoms with E-state index in [9.17, 15) is 4.79 Å². The molecule has 1 aromatic carbocycles. The lowest BCUT2D eigenvalue weighted by Crippen LogP contribution is -2.31. The zero-order chi connectivity index (χ0) is 16.9. The van der Waals surface area contributed by atoms with E-state index >= 15 is 0 Å². The number of nitrogens with zero attached hydrogens (tertiary/aromatic N) is 4. The summed E-state index contributed by atoms with van der Waals surface area (Å²) in [7, 11) is 0. The number of thioether (sulfide) groups is 1. The van der Waals surface area contributed by atoms with Gasteiger partial charge >= 0.3 is 0 Å². The van der Waals surface area contributed by atoms with Gasteiger partial charge < -0.3 is 5.32 Å². The van der Waals surface area contributed by atoms with Crippen molar-refractivity contribution < 1.29 is 4.79 Å². The van der Waals surface area contributed by atoms with Gasteiger partial charge in [0.15, 0.2) is 0 Å². The summed E-state index contributed by atoms with van der Waals surface area (Å²) in [4.78, 5) is 12.4. The largest absolute Gasteiger partial charge is 0.348 e. The van der Waals surface area contributed by atoms with Crippen molar-refractivity contribution in [2.45, 2.75) is 44.4 Å². The standard InChI is InChI=1S/C17H23N5OS/c1-12(2)10-22-17(19-20-21-22)24-11-15(23)18-16(14-8-9-14)13-6-4-3-5-7-13/h3-7,12,14,16H,8-11H2,1-2H3,(H,18,23). The van der Waals surface area contributed by atoms with E-state index in [1.54, 1.807) is 4.68 Å². The molecular weight excluding hydrogens is 322 g/mol. The van der Waals surface area contributed by atoms with Crippen LogP contribution in [0.3, 0.4) is 0 Å². The van der Waals surface area contributed by atoms with E-state index in [1.807, 2.05) is 18.2 Å². The number of carbonyl (C=O) groups excluding carboxylic acids is 1. The Kier molecular flexibility index (Phi) is 5.50. The molecule has 24 heavy (non-hydrogen) atoms. The maximum absolute atomic E-state index is 12.4. The molecule has 3 rings (SSSR count). The highest BCUT2D eigenvalue weighted by atomic mass is 32.2. The highest BCUT2D eigenvalue weighted by Gasteiger charge is 2.33. The number of aromatic nitrogens is 4. The van der Waals surface area contributed by atoms with Crippen molar-refractivity contribution in [3.8, 4) is 0 Å². The third kappa shape index (κ3) is 4.56. The number of hydrogen-bond donors (Lipinski definition) is 1. The predicted molar refractivity (Wildman–Crippen MR) is 93.4 cm³/mol. The molecule has 6 nitrogen and oxygen atoms in total. The second kappa shape index (κ2) is 7.79. The number of amides is 1. The quantitative estimate of drug-likeness (QED) is 0.745. The molecule has 128 valence electrons. The van der Waals surface area contributed by atoms with Crippen LogP contribution in [0.15, 0.2) is 35.5 Å². The first-order chi connectivity index (χ1) is 11.6. The molecule has 1 fully saturated rings. The fourth-order valence-electron chi connectivity index (χ4n) is 2.67. The lowest BCUT2D eigenvalue weighted by Gasteiger charge is -2.18. The fraction of sp³-hybridized carbons (Fsp3) is 0.529. The summed E-state index contributed by atoms with van der Waals surface area (Å²) in [5.74, 6) is 1.38. The molecule has 2 aromatic rings. The van der Waals surface area contributed by atoms with Crippen molar-refractivity contribution in [3.05, 3.63) is 35.9 Å². The minimum Gasteiger partial charge on any atom is -0.348 e. The number of tetrazole rings is 1. The Morgan fingerprint density at radius 1 is 1.33 bits per heavy atom. The van der Waals surface area contributed by atoms with Crippen LogP contribution in [0.1, 0.15) is 38.3 Å². The van der Waals surface area contributed by atoms with Crippen LogP contribution in [0.4, 0.5) is 0 Å². The summed E-state index contributed by atoms with van der Waals surface area (Å²) in [6.07, 6.45) is 2.36. The molecule has 1 unspecified atom stereocenters. The summed E-state index contributed by atoms with van der Waals surface area (Å²) >= 11 is 1.39. The average molecular weight is 345 g/mol. The van der Waals surface area contributed by atoms with Crippen molar-refractivity contribution in [2.75, 3.05) is 5.75 Å². The highest BCUT2D eigenvalue weighted by molar-refractivity contribution is 7.99. The van der Waals surface area contributed by atoms with Crippen molar-refractivity contribution >= 4 is 17.7 Å². The Labute approximate surface area is 146 Å². The van der Waals surface area contributed by atoms with Gasteiger partial charge in [-0.1, -0.05) is 55.9 Å². The summed E-state index contributed by atoms with van der Waals surface area (Å²) in [6.45, 7) is 4.98. The van der Waals surface area contributed by atoms with Crippen molar-refractivity contribution in [1.29, 1.82) is 0 Å². The number of carbonyl (C=O) groups is 1. The lowest BCUT2D eigenvalue weighted by atomic mass is 10.0. The average Bonchev–Trinajstić information content (AvgIpc) is 3.32. The molecule has 7 heteroatoms. The second-order valence-corrected chi connectivity index (χ2v) is 7.56. The molecule has 0 spiro atoms. The zero-order valence-electron chi connectivity index (χ0n) is 14.1. The Morgan fingerprint density at radius 3 is 2.75 bits per heavy atom. The van der Waals surface area contributed by atoms with Gasteiger partial charge in [-0.15, -0.1) is 5.10 Å². The molecule has 0 aliphatic heterocycles. The minimum absolute atomic E-state index is 0.0276. The van der Waals surface area contributed by atoms with E-state index in [-0.39, 0.29) is 11.9 Å². The summed E-state index contributed by atoms with van der Waals surface area (Å²) in [6, 6.07) is 10.3. The van der Waals surface area contributed by atoms with E-state index in [0.29, 0.717) is 22.7 Å². The van der Waals surface area contributed by atoms with E-state index in [0.717, 1.165) is 6.54 Å². The molecular formula is C17H23N5OS. The number of rotatable bonds is 8. The van der Waals surface area contributed by atoms with E-state index in [4.69, 9.17) is 0 Å². The predicted octanol–water partition coefficient (Wildman–Crippen LogP) is 2.69. The molecule has 0 radical (unpaired) electrons. The van der Waals surface area contributed by atoms with Gasteiger partial charge in [0.1, 0.15) is 0 Å². The molecule has 1 N–H and O–H groups in total. The van der Waals surface area contributed by atoms with E-state index in [2.05, 4.69) is 46.8 Å². The van der Waals surface area contributed by atoms with Crippen LogP contribution in [0.25, 0.3) is 0 Å². The van der Waals surface area contributed by atoms with Crippen LogP contribution >= 0.6 is 11.8 Å². The number of benzene rings is 1. The monoisotopic (exact) mass is 345 g/mol. The van der Waals surface area contributed by atoms with Crippen LogP contribution in [0.2, 0.25) is 0 Å². The van der Waals surface area contributed by atoms with Gasteiger partial charge in [-0.2, -0.15) is 0 Å². The molecule has 0 bridgehead atoms. The van der Waals surface area contributed by atoms with Crippen molar-refractivity contribution in [2.24, 2.45) is 11.8 Å². The molecule has 1 aliphatic carbocycles. The van der Waals surface area contributed by atoms with Crippen LogP contribution in [0.5, 0.6) is 0 Å². The van der Waals surface area contributed by atoms with Gasteiger partial charge in [0, 0.05) is 6.54 Å². The molecule has 1 saturated carbocycles. The fourth-order valence-corrected chi connectivity index (χ4v) is 3.37. The first-order valence-electron chi connectivity index (χ1n) is 8.36. The smallest absolute Gasteiger partial charge is 0.230 e. The lowest BCUT2D eigenvalue weighted by molar-refractivity contribution is -0.119. The minimum atomic E-state index is 0.0276. The Morgan fingerprint density at radius 2 is 2.08 bits per heavy atom. The van der Waals surface area contributed by atoms with Gasteiger partial charge in [0.2, 0.25) is 11.1 Å². The first-order valence-corrected chi connectivity index (χ1v) is 9.35. The Bertz CT molecular complexity index is 669. The van der Waals surface area contributed by atoms with Gasteiger partial charge in [-0.05, 0) is 40.7 Å². The highest BCUT2D eigenvalue weighted by Crippen LogP contribution is 2.40. The maximum atomic E-state index is 12.4. The van der Waals surface area contributed by atoms with Gasteiger partial charge in [-0.3, -0.25) is 4.79 Å². The molecule has 1 amide bonds. The normalized spacial score (nSPS) is 15.5. The van der Waals surface area contributed by atoms with Crippen LogP contribution < -0.4 is 5.32 Å². The Balaban J connectivity index is 1.56. The first kappa shape index (κ1) is 17.0. The van der Waals surface area contributed by atoms with Crippen LogP contribution in [-0.4, -0.2) is 31.9 Å². The van der Waals surface area contributed by atoms with Crippen molar-refractivity contribution in [3.63, 3.8) is 0 Å². The van der Waals surface area contributed by atoms with Gasteiger partial charge in [0.05, 0.1) is 11.8 Å². The molecule has 1 aromatic heterocycles. The second-order valence-electron chi connectivity index (χ2n) is 6.62.